The minimum absolute atomic E-state index is 0.00594. The van der Waals surface area contributed by atoms with Crippen LogP contribution in [0.15, 0.2) is 30.5 Å². The molecule has 0 spiro atoms. The zero-order valence-electron chi connectivity index (χ0n) is 20.2. The summed E-state index contributed by atoms with van der Waals surface area (Å²) in [6.07, 6.45) is 0.709. The summed E-state index contributed by atoms with van der Waals surface area (Å²) in [5, 5.41) is 14.6. The van der Waals surface area contributed by atoms with Crippen molar-refractivity contribution in [3.63, 3.8) is 0 Å². The fourth-order valence-corrected chi connectivity index (χ4v) is 3.84. The van der Waals surface area contributed by atoms with Gasteiger partial charge in [-0.25, -0.2) is 8.78 Å². The van der Waals surface area contributed by atoms with Crippen LogP contribution in [0, 0.1) is 16.7 Å². The molecule has 1 aliphatic heterocycles. The van der Waals surface area contributed by atoms with E-state index in [0.717, 1.165) is 4.90 Å². The fourth-order valence-electron chi connectivity index (χ4n) is 3.84. The van der Waals surface area contributed by atoms with Gasteiger partial charge in [-0.1, -0.05) is 32.9 Å². The lowest BCUT2D eigenvalue weighted by atomic mass is 9.88. The maximum absolute atomic E-state index is 13.6. The Morgan fingerprint density at radius 3 is 2.58 bits per heavy atom. The van der Waals surface area contributed by atoms with Crippen molar-refractivity contribution < 1.29 is 28.0 Å². The van der Waals surface area contributed by atoms with Crippen LogP contribution in [-0.4, -0.2) is 58.4 Å². The minimum Gasteiger partial charge on any atom is -0.343 e. The first-order valence-corrected chi connectivity index (χ1v) is 11.4. The van der Waals surface area contributed by atoms with Crippen molar-refractivity contribution >= 4 is 40.1 Å². The highest BCUT2D eigenvalue weighted by Gasteiger charge is 2.47. The highest BCUT2D eigenvalue weighted by Crippen LogP contribution is 2.31. The quantitative estimate of drug-likeness (QED) is 0.602. The molecule has 2 N–H and O–H groups in total. The molecule has 0 aliphatic carbocycles. The van der Waals surface area contributed by atoms with Crippen molar-refractivity contribution in [1.29, 1.82) is 5.26 Å². The molecular formula is C25H27F2N5O4. The number of Topliss-reactive ketones (excluding diaryl/α,β-unsaturated/α-hetero) is 1. The van der Waals surface area contributed by atoms with Gasteiger partial charge in [0.05, 0.1) is 35.9 Å². The van der Waals surface area contributed by atoms with Gasteiger partial charge in [0.2, 0.25) is 11.8 Å². The summed E-state index contributed by atoms with van der Waals surface area (Å²) in [4.78, 5) is 54.7. The van der Waals surface area contributed by atoms with Crippen LogP contribution < -0.4 is 10.6 Å². The summed E-state index contributed by atoms with van der Waals surface area (Å²) in [5.41, 5.74) is 0.296. The molecule has 1 saturated heterocycles. The van der Waals surface area contributed by atoms with E-state index in [2.05, 4.69) is 15.6 Å². The number of likely N-dealkylation sites (tertiary alicyclic amines) is 1. The minimum atomic E-state index is -3.15. The van der Waals surface area contributed by atoms with E-state index >= 15 is 0 Å². The molecule has 1 fully saturated rings. The average molecular weight is 500 g/mol. The van der Waals surface area contributed by atoms with Crippen LogP contribution in [-0.2, 0) is 14.4 Å². The van der Waals surface area contributed by atoms with Gasteiger partial charge in [0.1, 0.15) is 11.8 Å². The van der Waals surface area contributed by atoms with Crippen LogP contribution in [0.1, 0.15) is 50.4 Å². The van der Waals surface area contributed by atoms with Crippen molar-refractivity contribution in [1.82, 2.24) is 15.2 Å². The van der Waals surface area contributed by atoms with Gasteiger partial charge in [-0.05, 0) is 12.1 Å². The molecule has 9 nitrogen and oxygen atoms in total. The van der Waals surface area contributed by atoms with E-state index in [9.17, 15) is 28.0 Å². The second-order valence-corrected chi connectivity index (χ2v) is 9.69. The van der Waals surface area contributed by atoms with Crippen molar-refractivity contribution in [2.75, 3.05) is 18.4 Å². The Kier molecular flexibility index (Phi) is 7.67. The van der Waals surface area contributed by atoms with Crippen molar-refractivity contribution in [3.05, 3.63) is 36.0 Å². The maximum atomic E-state index is 13.6. The Hall–Kier alpha value is -3.94. The number of para-hydroxylation sites is 1. The number of amides is 3. The number of benzene rings is 1. The molecule has 1 aliphatic rings. The molecule has 2 heterocycles. The van der Waals surface area contributed by atoms with E-state index in [1.54, 1.807) is 45.0 Å². The summed E-state index contributed by atoms with van der Waals surface area (Å²) in [6, 6.07) is 6.71. The third-order valence-corrected chi connectivity index (χ3v) is 5.84. The Bertz CT molecular complexity index is 1250. The number of rotatable bonds is 7. The molecule has 0 radical (unpaired) electrons. The van der Waals surface area contributed by atoms with Crippen molar-refractivity contribution in [3.8, 4) is 6.07 Å². The first kappa shape index (κ1) is 26.7. The Labute approximate surface area is 206 Å². The van der Waals surface area contributed by atoms with E-state index in [1.165, 1.54) is 12.3 Å². The standard InChI is InChI=1S/C25H27F2N5O4/c1-24(2,3)19(33)7-8-20(34)31-18-6-4-5-16-17(9-10-29-22(16)18)23(36)30-13-21(35)32-14-25(26,27)11-15(32)12-28/h4-6,9-10,15H,7-8,11,13-14H2,1-3H3,(H,30,36)(H,31,34)/t15-/m0/s1. The number of nitrogens with one attached hydrogen (secondary N) is 2. The van der Waals surface area contributed by atoms with Gasteiger partial charge in [0.15, 0.2) is 0 Å². The lowest BCUT2D eigenvalue weighted by molar-refractivity contribution is -0.131. The number of ketones is 1. The number of nitrogens with zero attached hydrogens (tertiary/aromatic N) is 3. The molecule has 2 aromatic rings. The van der Waals surface area contributed by atoms with E-state index in [-0.39, 0.29) is 30.1 Å². The Morgan fingerprint density at radius 1 is 1.19 bits per heavy atom. The monoisotopic (exact) mass is 499 g/mol. The predicted molar refractivity (Wildman–Crippen MR) is 127 cm³/mol. The highest BCUT2D eigenvalue weighted by molar-refractivity contribution is 6.10. The van der Waals surface area contributed by atoms with E-state index in [4.69, 9.17) is 5.26 Å². The van der Waals surface area contributed by atoms with E-state index < -0.39 is 48.7 Å². The number of carbonyl (C=O) groups is 4. The molecule has 11 heteroatoms. The average Bonchev–Trinajstić information content (AvgIpc) is 3.14. The van der Waals surface area contributed by atoms with Gasteiger partial charge in [-0.3, -0.25) is 24.2 Å². The zero-order chi connectivity index (χ0) is 26.7. The first-order chi connectivity index (χ1) is 16.8. The summed E-state index contributed by atoms with van der Waals surface area (Å²) in [5.74, 6) is -5.00. The Morgan fingerprint density at radius 2 is 1.92 bits per heavy atom. The third-order valence-electron chi connectivity index (χ3n) is 5.84. The van der Waals surface area contributed by atoms with Crippen LogP contribution in [0.2, 0.25) is 0 Å². The number of pyridine rings is 1. The molecular weight excluding hydrogens is 472 g/mol. The molecule has 1 aromatic carbocycles. The summed E-state index contributed by atoms with van der Waals surface area (Å²) >= 11 is 0. The maximum Gasteiger partial charge on any atom is 0.268 e. The van der Waals surface area contributed by atoms with Gasteiger partial charge >= 0.3 is 0 Å². The molecule has 190 valence electrons. The van der Waals surface area contributed by atoms with Gasteiger partial charge in [-0.15, -0.1) is 0 Å². The molecule has 1 aromatic heterocycles. The number of nitriles is 1. The number of anilines is 1. The van der Waals surface area contributed by atoms with E-state index in [0.29, 0.717) is 16.6 Å². The van der Waals surface area contributed by atoms with Gasteiger partial charge < -0.3 is 15.5 Å². The van der Waals surface area contributed by atoms with Gasteiger partial charge in [-0.2, -0.15) is 5.26 Å². The molecule has 3 amide bonds. The predicted octanol–water partition coefficient (Wildman–Crippen LogP) is 3.06. The summed E-state index contributed by atoms with van der Waals surface area (Å²) < 4.78 is 27.2. The molecule has 1 atom stereocenters. The molecule has 0 saturated carbocycles. The molecule has 3 rings (SSSR count). The summed E-state index contributed by atoms with van der Waals surface area (Å²) in [6.45, 7) is 3.91. The van der Waals surface area contributed by atoms with Gasteiger partial charge in [0, 0.05) is 36.3 Å². The number of fused-ring (bicyclic) bond motifs is 1. The topological polar surface area (TPSA) is 132 Å². The second-order valence-electron chi connectivity index (χ2n) is 9.69. The van der Waals surface area contributed by atoms with Crippen LogP contribution in [0.3, 0.4) is 0 Å². The van der Waals surface area contributed by atoms with E-state index in [1.807, 2.05) is 0 Å². The zero-order valence-corrected chi connectivity index (χ0v) is 20.2. The van der Waals surface area contributed by atoms with Crippen LogP contribution in [0.4, 0.5) is 14.5 Å². The first-order valence-electron chi connectivity index (χ1n) is 11.4. The molecule has 36 heavy (non-hydrogen) atoms. The Balaban J connectivity index is 1.70. The second kappa shape index (κ2) is 10.4. The van der Waals surface area contributed by atoms with Crippen LogP contribution in [0.5, 0.6) is 0 Å². The molecule has 0 unspecified atom stereocenters. The highest BCUT2D eigenvalue weighted by atomic mass is 19.3. The summed E-state index contributed by atoms with van der Waals surface area (Å²) in [7, 11) is 0. The SMILES string of the molecule is CC(C)(C)C(=O)CCC(=O)Nc1cccc2c(C(=O)NCC(=O)N3CC(F)(F)C[C@H]3C#N)ccnc12. The number of aromatic nitrogens is 1. The lowest BCUT2D eigenvalue weighted by Gasteiger charge is -2.19. The lowest BCUT2D eigenvalue weighted by Crippen LogP contribution is -2.43. The number of hydrogen-bond donors (Lipinski definition) is 2. The van der Waals surface area contributed by atoms with Crippen molar-refractivity contribution in [2.24, 2.45) is 5.41 Å². The van der Waals surface area contributed by atoms with Gasteiger partial charge in [0.25, 0.3) is 11.8 Å². The number of hydrogen-bond acceptors (Lipinski definition) is 6. The smallest absolute Gasteiger partial charge is 0.268 e. The van der Waals surface area contributed by atoms with Crippen molar-refractivity contribution in [2.45, 2.75) is 52.0 Å². The third kappa shape index (κ3) is 6.19. The number of halogens is 2. The fraction of sp³-hybridized carbons (Fsp3) is 0.440. The molecule has 0 bridgehead atoms. The normalized spacial score (nSPS) is 16.9. The number of carbonyl (C=O) groups excluding carboxylic acids is 4. The largest absolute Gasteiger partial charge is 0.343 e. The van der Waals surface area contributed by atoms with Crippen LogP contribution >= 0.6 is 0 Å². The van der Waals surface area contributed by atoms with Crippen LogP contribution in [0.25, 0.3) is 10.9 Å². The number of alkyl halides is 2.